The molecule has 182 valence electrons. The van der Waals surface area contributed by atoms with Gasteiger partial charge in [0.25, 0.3) is 6.47 Å². The summed E-state index contributed by atoms with van der Waals surface area (Å²) in [7, 11) is 0. The third-order valence-electron chi connectivity index (χ3n) is 5.58. The van der Waals surface area contributed by atoms with Gasteiger partial charge in [-0.3, -0.25) is 9.59 Å². The van der Waals surface area contributed by atoms with Crippen LogP contribution in [-0.2, 0) is 15.7 Å². The van der Waals surface area contributed by atoms with Gasteiger partial charge in [0.1, 0.15) is 11.9 Å². The van der Waals surface area contributed by atoms with Gasteiger partial charge in [-0.2, -0.15) is 13.2 Å². The van der Waals surface area contributed by atoms with E-state index in [4.69, 9.17) is 4.74 Å². The molecule has 4 rings (SSSR count). The highest BCUT2D eigenvalue weighted by Gasteiger charge is 2.39. The number of anilines is 2. The molecule has 1 saturated carbocycles. The first-order valence-corrected chi connectivity index (χ1v) is 11.3. The minimum absolute atomic E-state index is 0.0996. The third kappa shape index (κ3) is 5.51. The Bertz CT molecular complexity index is 1270. The van der Waals surface area contributed by atoms with E-state index < -0.39 is 29.7 Å². The molecule has 6 nitrogen and oxygen atoms in total. The van der Waals surface area contributed by atoms with Crippen LogP contribution in [0.4, 0.5) is 33.7 Å². The molecule has 2 N–H and O–H groups in total. The number of carbonyl (C=O) groups excluding carboxylic acids is 3. The third-order valence-corrected chi connectivity index (χ3v) is 6.73. The van der Waals surface area contributed by atoms with Gasteiger partial charge in [0.05, 0.1) is 22.0 Å². The van der Waals surface area contributed by atoms with E-state index in [1.165, 1.54) is 29.5 Å². The zero-order valence-corrected chi connectivity index (χ0v) is 18.7. The second-order valence-electron chi connectivity index (χ2n) is 7.84. The van der Waals surface area contributed by atoms with Crippen LogP contribution in [-0.4, -0.2) is 24.4 Å². The molecule has 2 atom stereocenters. The minimum Gasteiger partial charge on any atom is -0.464 e. The van der Waals surface area contributed by atoms with E-state index in [0.717, 1.165) is 18.2 Å². The standard InChI is InChI=1S/C24H18F4N2O4S/c25-17-10-13(20-8-9-21(35-20)22(32)16-5-7-19(16)34-12-31)4-6-18(17)30-23(33)29-15-3-1-2-14(11-15)24(26,27)28/h1-4,6,8-12,16,19H,5,7H2,(H2,29,30,33). The number of thiophene rings is 1. The Labute approximate surface area is 200 Å². The molecule has 2 amide bonds. The first-order chi connectivity index (χ1) is 16.7. The number of hydrogen-bond acceptors (Lipinski definition) is 5. The molecule has 2 aromatic carbocycles. The summed E-state index contributed by atoms with van der Waals surface area (Å²) in [6.07, 6.45) is -3.72. The van der Waals surface area contributed by atoms with E-state index in [1.807, 2.05) is 0 Å². The fourth-order valence-electron chi connectivity index (χ4n) is 3.64. The minimum atomic E-state index is -4.56. The number of carbonyl (C=O) groups is 3. The molecule has 1 fully saturated rings. The number of ether oxygens (including phenoxy) is 1. The van der Waals surface area contributed by atoms with Crippen molar-refractivity contribution >= 4 is 41.0 Å². The van der Waals surface area contributed by atoms with Crippen LogP contribution in [0.1, 0.15) is 28.1 Å². The first kappa shape index (κ1) is 24.4. The normalized spacial score (nSPS) is 17.3. The highest BCUT2D eigenvalue weighted by molar-refractivity contribution is 7.17. The predicted molar refractivity (Wildman–Crippen MR) is 122 cm³/mol. The van der Waals surface area contributed by atoms with Crippen molar-refractivity contribution in [1.82, 2.24) is 0 Å². The Hall–Kier alpha value is -3.73. The smallest absolute Gasteiger partial charge is 0.416 e. The summed E-state index contributed by atoms with van der Waals surface area (Å²) in [5, 5.41) is 4.51. The number of amides is 2. The fourth-order valence-corrected chi connectivity index (χ4v) is 4.65. The molecule has 1 aliphatic rings. The van der Waals surface area contributed by atoms with Crippen molar-refractivity contribution in [2.24, 2.45) is 5.92 Å². The maximum Gasteiger partial charge on any atom is 0.416 e. The summed E-state index contributed by atoms with van der Waals surface area (Å²) in [5.41, 5.74) is -0.722. The van der Waals surface area contributed by atoms with Gasteiger partial charge in [-0.05, 0) is 60.9 Å². The van der Waals surface area contributed by atoms with Gasteiger partial charge in [-0.1, -0.05) is 12.1 Å². The Kier molecular flexibility index (Phi) is 6.88. The molecule has 11 heteroatoms. The highest BCUT2D eigenvalue weighted by atomic mass is 32.1. The van der Waals surface area contributed by atoms with Crippen molar-refractivity contribution in [3.8, 4) is 10.4 Å². The van der Waals surface area contributed by atoms with Gasteiger partial charge >= 0.3 is 12.2 Å². The van der Waals surface area contributed by atoms with Gasteiger partial charge in [-0.15, -0.1) is 11.3 Å². The van der Waals surface area contributed by atoms with Crippen LogP contribution in [0, 0.1) is 11.7 Å². The van der Waals surface area contributed by atoms with Gasteiger partial charge < -0.3 is 15.4 Å². The van der Waals surface area contributed by atoms with Crippen LogP contribution in [0.5, 0.6) is 0 Å². The lowest BCUT2D eigenvalue weighted by Crippen LogP contribution is -2.39. The summed E-state index contributed by atoms with van der Waals surface area (Å²) < 4.78 is 58.0. The van der Waals surface area contributed by atoms with Crippen molar-refractivity contribution in [3.63, 3.8) is 0 Å². The largest absolute Gasteiger partial charge is 0.464 e. The summed E-state index contributed by atoms with van der Waals surface area (Å²) in [6, 6.07) is 10.5. The summed E-state index contributed by atoms with van der Waals surface area (Å²) in [6.45, 7) is 0.336. The van der Waals surface area contributed by atoms with Crippen molar-refractivity contribution < 1.29 is 36.7 Å². The van der Waals surface area contributed by atoms with Gasteiger partial charge in [-0.25, -0.2) is 9.18 Å². The molecule has 1 heterocycles. The quantitative estimate of drug-likeness (QED) is 0.222. The Balaban J connectivity index is 1.42. The topological polar surface area (TPSA) is 84.5 Å². The maximum absolute atomic E-state index is 14.6. The van der Waals surface area contributed by atoms with Crippen LogP contribution in [0.15, 0.2) is 54.6 Å². The fraction of sp³-hybridized carbons (Fsp3) is 0.208. The number of hydrogen-bond donors (Lipinski definition) is 2. The van der Waals surface area contributed by atoms with E-state index in [1.54, 1.807) is 18.2 Å². The molecular formula is C24H18F4N2O4S. The van der Waals surface area contributed by atoms with Crippen LogP contribution < -0.4 is 10.6 Å². The van der Waals surface area contributed by atoms with E-state index in [0.29, 0.717) is 34.6 Å². The average Bonchev–Trinajstić information content (AvgIpc) is 3.28. The van der Waals surface area contributed by atoms with E-state index in [2.05, 4.69) is 10.6 Å². The number of ketones is 1. The number of alkyl halides is 3. The van der Waals surface area contributed by atoms with Crippen molar-refractivity contribution in [1.29, 1.82) is 0 Å². The Morgan fingerprint density at radius 2 is 1.83 bits per heavy atom. The molecule has 0 spiro atoms. The second-order valence-corrected chi connectivity index (χ2v) is 8.92. The van der Waals surface area contributed by atoms with Crippen LogP contribution in [0.3, 0.4) is 0 Å². The highest BCUT2D eigenvalue weighted by Crippen LogP contribution is 2.37. The molecule has 2 unspecified atom stereocenters. The molecule has 0 aliphatic heterocycles. The van der Waals surface area contributed by atoms with Crippen molar-refractivity contribution in [2.45, 2.75) is 25.1 Å². The number of halogens is 4. The number of urea groups is 1. The second kappa shape index (κ2) is 9.87. The number of rotatable bonds is 7. The van der Waals surface area contributed by atoms with E-state index >= 15 is 0 Å². The van der Waals surface area contributed by atoms with Crippen LogP contribution in [0.2, 0.25) is 0 Å². The number of nitrogens with one attached hydrogen (secondary N) is 2. The lowest BCUT2D eigenvalue weighted by molar-refractivity contribution is -0.140. The molecule has 1 aliphatic carbocycles. The average molecular weight is 506 g/mol. The zero-order chi connectivity index (χ0) is 25.2. The lowest BCUT2D eigenvalue weighted by atomic mass is 9.78. The molecule has 3 aromatic rings. The van der Waals surface area contributed by atoms with Gasteiger partial charge in [0, 0.05) is 10.6 Å². The Morgan fingerprint density at radius 3 is 2.49 bits per heavy atom. The van der Waals surface area contributed by atoms with Gasteiger partial charge in [0.15, 0.2) is 5.78 Å². The summed E-state index contributed by atoms with van der Waals surface area (Å²) in [5.74, 6) is -1.28. The number of Topliss-reactive ketones (excluding diaryl/α,β-unsaturated/α-hetero) is 1. The molecule has 1 aromatic heterocycles. The lowest BCUT2D eigenvalue weighted by Gasteiger charge is -2.33. The molecular weight excluding hydrogens is 488 g/mol. The molecule has 0 saturated heterocycles. The molecule has 0 radical (unpaired) electrons. The predicted octanol–water partition coefficient (Wildman–Crippen LogP) is 6.35. The maximum atomic E-state index is 14.6. The van der Waals surface area contributed by atoms with E-state index in [9.17, 15) is 31.9 Å². The van der Waals surface area contributed by atoms with Crippen LogP contribution in [0.25, 0.3) is 10.4 Å². The number of benzene rings is 2. The van der Waals surface area contributed by atoms with E-state index in [-0.39, 0.29) is 23.1 Å². The van der Waals surface area contributed by atoms with Crippen LogP contribution >= 0.6 is 11.3 Å². The summed E-state index contributed by atoms with van der Waals surface area (Å²) >= 11 is 1.17. The Morgan fingerprint density at radius 1 is 1.03 bits per heavy atom. The van der Waals surface area contributed by atoms with Crippen molar-refractivity contribution in [2.75, 3.05) is 10.6 Å². The van der Waals surface area contributed by atoms with Crippen molar-refractivity contribution in [3.05, 3.63) is 70.9 Å². The van der Waals surface area contributed by atoms with Gasteiger partial charge in [0.2, 0.25) is 0 Å². The monoisotopic (exact) mass is 506 g/mol. The zero-order valence-electron chi connectivity index (χ0n) is 17.9. The SMILES string of the molecule is O=COC1CCC1C(=O)c1ccc(-c2ccc(NC(=O)Nc3cccc(C(F)(F)F)c3)c(F)c2)s1. The first-order valence-electron chi connectivity index (χ1n) is 10.4. The summed E-state index contributed by atoms with van der Waals surface area (Å²) in [4.78, 5) is 36.4. The molecule has 0 bridgehead atoms. The molecule has 35 heavy (non-hydrogen) atoms.